The van der Waals surface area contributed by atoms with Gasteiger partial charge in [-0.2, -0.15) is 0 Å². The number of hydrogen-bond donors (Lipinski definition) is 0. The molecule has 0 rings (SSSR count). The van der Waals surface area contributed by atoms with Crippen LogP contribution in [-0.4, -0.2) is 23.4 Å². The van der Waals surface area contributed by atoms with E-state index in [2.05, 4.69) is 27.7 Å². The molecule has 0 radical (unpaired) electrons. The second kappa shape index (κ2) is 6.14. The Balaban J connectivity index is 4.55. The van der Waals surface area contributed by atoms with E-state index in [1.807, 2.05) is 18.7 Å². The standard InChI is InChI=1S/C13H27NO/c1-7-9-10-14(11(3)4)12(15)13(5,6)8-2/h11H,7-10H2,1-6H3. The number of nitrogens with zero attached hydrogens (tertiary/aromatic N) is 1. The van der Waals surface area contributed by atoms with E-state index in [1.54, 1.807) is 0 Å². The van der Waals surface area contributed by atoms with Crippen LogP contribution >= 0.6 is 0 Å². The molecule has 0 heterocycles. The van der Waals surface area contributed by atoms with Crippen LogP contribution in [0.3, 0.4) is 0 Å². The van der Waals surface area contributed by atoms with Gasteiger partial charge in [-0.15, -0.1) is 0 Å². The smallest absolute Gasteiger partial charge is 0.228 e. The summed E-state index contributed by atoms with van der Waals surface area (Å²) in [7, 11) is 0. The van der Waals surface area contributed by atoms with Gasteiger partial charge < -0.3 is 4.90 Å². The summed E-state index contributed by atoms with van der Waals surface area (Å²) >= 11 is 0. The Morgan fingerprint density at radius 2 is 1.80 bits per heavy atom. The highest BCUT2D eigenvalue weighted by molar-refractivity contribution is 5.82. The summed E-state index contributed by atoms with van der Waals surface area (Å²) in [4.78, 5) is 14.3. The quantitative estimate of drug-likeness (QED) is 0.661. The van der Waals surface area contributed by atoms with E-state index in [9.17, 15) is 4.79 Å². The fourth-order valence-corrected chi connectivity index (χ4v) is 1.46. The number of carbonyl (C=O) groups is 1. The zero-order valence-electron chi connectivity index (χ0n) is 11.3. The zero-order valence-corrected chi connectivity index (χ0v) is 11.3. The topological polar surface area (TPSA) is 20.3 Å². The van der Waals surface area contributed by atoms with Gasteiger partial charge in [0.15, 0.2) is 0 Å². The maximum atomic E-state index is 12.3. The van der Waals surface area contributed by atoms with E-state index < -0.39 is 0 Å². The van der Waals surface area contributed by atoms with Crippen molar-refractivity contribution in [1.29, 1.82) is 0 Å². The molecule has 2 heteroatoms. The van der Waals surface area contributed by atoms with E-state index in [0.29, 0.717) is 11.9 Å². The molecule has 90 valence electrons. The number of unbranched alkanes of at least 4 members (excludes halogenated alkanes) is 1. The Morgan fingerprint density at radius 1 is 1.27 bits per heavy atom. The molecule has 0 saturated heterocycles. The Kier molecular flexibility index (Phi) is 5.92. The SMILES string of the molecule is CCCCN(C(=O)C(C)(C)CC)C(C)C. The molecule has 0 atom stereocenters. The minimum absolute atomic E-state index is 0.210. The molecular formula is C13H27NO. The molecule has 0 N–H and O–H groups in total. The van der Waals surface area contributed by atoms with Gasteiger partial charge in [-0.25, -0.2) is 0 Å². The lowest BCUT2D eigenvalue weighted by Gasteiger charge is -2.34. The predicted octanol–water partition coefficient (Wildman–Crippen LogP) is 3.46. The maximum absolute atomic E-state index is 12.3. The van der Waals surface area contributed by atoms with Gasteiger partial charge in [0, 0.05) is 18.0 Å². The molecule has 0 aliphatic rings. The summed E-state index contributed by atoms with van der Waals surface area (Å²) in [5, 5.41) is 0. The molecule has 0 bridgehead atoms. The molecule has 0 aromatic carbocycles. The van der Waals surface area contributed by atoms with Gasteiger partial charge in [0.25, 0.3) is 0 Å². The fourth-order valence-electron chi connectivity index (χ4n) is 1.46. The molecule has 1 amide bonds. The van der Waals surface area contributed by atoms with E-state index in [0.717, 1.165) is 25.8 Å². The minimum atomic E-state index is -0.210. The Labute approximate surface area is 95.0 Å². The second-order valence-electron chi connectivity index (χ2n) is 5.18. The van der Waals surface area contributed by atoms with Crippen LogP contribution in [0, 0.1) is 5.41 Å². The van der Waals surface area contributed by atoms with Crippen molar-refractivity contribution in [3.8, 4) is 0 Å². The molecule has 15 heavy (non-hydrogen) atoms. The minimum Gasteiger partial charge on any atom is -0.340 e. The van der Waals surface area contributed by atoms with E-state index in [4.69, 9.17) is 0 Å². The van der Waals surface area contributed by atoms with E-state index in [1.165, 1.54) is 0 Å². The first kappa shape index (κ1) is 14.5. The van der Waals surface area contributed by atoms with Crippen molar-refractivity contribution >= 4 is 5.91 Å². The molecule has 0 aliphatic heterocycles. The lowest BCUT2D eigenvalue weighted by Crippen LogP contribution is -2.45. The van der Waals surface area contributed by atoms with Crippen molar-refractivity contribution in [2.24, 2.45) is 5.41 Å². The third-order valence-corrected chi connectivity index (χ3v) is 3.10. The molecule has 2 nitrogen and oxygen atoms in total. The number of rotatable bonds is 6. The summed E-state index contributed by atoms with van der Waals surface area (Å²) in [6.45, 7) is 13.4. The van der Waals surface area contributed by atoms with Crippen LogP contribution in [0.5, 0.6) is 0 Å². The van der Waals surface area contributed by atoms with Crippen LogP contribution in [0.2, 0.25) is 0 Å². The van der Waals surface area contributed by atoms with Crippen molar-refractivity contribution < 1.29 is 4.79 Å². The van der Waals surface area contributed by atoms with Gasteiger partial charge in [0.05, 0.1) is 0 Å². The molecule has 0 spiro atoms. The van der Waals surface area contributed by atoms with Crippen LogP contribution in [0.25, 0.3) is 0 Å². The Bertz CT molecular complexity index is 197. The summed E-state index contributed by atoms with van der Waals surface area (Å²) < 4.78 is 0. The number of hydrogen-bond acceptors (Lipinski definition) is 1. The third kappa shape index (κ3) is 4.23. The molecular weight excluding hydrogens is 186 g/mol. The normalized spacial score (nSPS) is 11.9. The lowest BCUT2D eigenvalue weighted by atomic mass is 9.88. The Morgan fingerprint density at radius 3 is 2.13 bits per heavy atom. The van der Waals surface area contributed by atoms with Crippen LogP contribution in [0.15, 0.2) is 0 Å². The average molecular weight is 213 g/mol. The highest BCUT2D eigenvalue weighted by Crippen LogP contribution is 2.24. The molecule has 0 aromatic heterocycles. The largest absolute Gasteiger partial charge is 0.340 e. The Hall–Kier alpha value is -0.530. The van der Waals surface area contributed by atoms with Crippen molar-refractivity contribution in [3.63, 3.8) is 0 Å². The molecule has 0 unspecified atom stereocenters. The van der Waals surface area contributed by atoms with Gasteiger partial charge in [-0.1, -0.05) is 34.1 Å². The average Bonchev–Trinajstić information content (AvgIpc) is 2.17. The maximum Gasteiger partial charge on any atom is 0.228 e. The number of carbonyl (C=O) groups excluding carboxylic acids is 1. The second-order valence-corrected chi connectivity index (χ2v) is 5.18. The lowest BCUT2D eigenvalue weighted by molar-refractivity contribution is -0.142. The van der Waals surface area contributed by atoms with Crippen LogP contribution in [-0.2, 0) is 4.79 Å². The van der Waals surface area contributed by atoms with Crippen LogP contribution in [0.1, 0.15) is 60.8 Å². The van der Waals surface area contributed by atoms with Crippen LogP contribution in [0.4, 0.5) is 0 Å². The monoisotopic (exact) mass is 213 g/mol. The van der Waals surface area contributed by atoms with Crippen molar-refractivity contribution in [2.45, 2.75) is 66.8 Å². The van der Waals surface area contributed by atoms with Gasteiger partial charge in [0.1, 0.15) is 0 Å². The molecule has 0 aromatic rings. The van der Waals surface area contributed by atoms with Gasteiger partial charge in [-0.3, -0.25) is 4.79 Å². The van der Waals surface area contributed by atoms with Crippen molar-refractivity contribution in [2.75, 3.05) is 6.54 Å². The summed E-state index contributed by atoms with van der Waals surface area (Å²) in [6, 6.07) is 0.315. The number of amides is 1. The predicted molar refractivity (Wildman–Crippen MR) is 65.8 cm³/mol. The summed E-state index contributed by atoms with van der Waals surface area (Å²) in [6.07, 6.45) is 3.15. The van der Waals surface area contributed by atoms with Gasteiger partial charge in [0.2, 0.25) is 5.91 Å². The van der Waals surface area contributed by atoms with E-state index >= 15 is 0 Å². The highest BCUT2D eigenvalue weighted by Gasteiger charge is 2.30. The molecule has 0 fully saturated rings. The summed E-state index contributed by atoms with van der Waals surface area (Å²) in [5.74, 6) is 0.299. The first-order chi connectivity index (χ1) is 6.86. The van der Waals surface area contributed by atoms with Crippen LogP contribution < -0.4 is 0 Å². The first-order valence-corrected chi connectivity index (χ1v) is 6.17. The molecule has 0 saturated carbocycles. The van der Waals surface area contributed by atoms with E-state index in [-0.39, 0.29) is 5.41 Å². The zero-order chi connectivity index (χ0) is 12.1. The van der Waals surface area contributed by atoms with Crippen molar-refractivity contribution in [3.05, 3.63) is 0 Å². The summed E-state index contributed by atoms with van der Waals surface area (Å²) in [5.41, 5.74) is -0.210. The van der Waals surface area contributed by atoms with Crippen molar-refractivity contribution in [1.82, 2.24) is 4.90 Å². The molecule has 0 aliphatic carbocycles. The highest BCUT2D eigenvalue weighted by atomic mass is 16.2. The fraction of sp³-hybridized carbons (Fsp3) is 0.923. The van der Waals surface area contributed by atoms with Gasteiger partial charge >= 0.3 is 0 Å². The van der Waals surface area contributed by atoms with Gasteiger partial charge in [-0.05, 0) is 26.7 Å². The third-order valence-electron chi connectivity index (χ3n) is 3.10. The first-order valence-electron chi connectivity index (χ1n) is 6.17.